The minimum Gasteiger partial charge on any atom is -0.462 e. The summed E-state index contributed by atoms with van der Waals surface area (Å²) in [7, 11) is -4.61. The number of ether oxygens (including phenoxy) is 2. The Hall–Kier alpha value is -1.03. The first-order valence-corrected chi connectivity index (χ1v) is 25.5. The summed E-state index contributed by atoms with van der Waals surface area (Å²) >= 11 is 0. The van der Waals surface area contributed by atoms with E-state index in [2.05, 4.69) is 13.8 Å². The zero-order valence-corrected chi connectivity index (χ0v) is 38.0. The molecule has 0 rings (SSSR count). The van der Waals surface area contributed by atoms with E-state index in [1.807, 2.05) is 0 Å². The van der Waals surface area contributed by atoms with Gasteiger partial charge >= 0.3 is 19.8 Å². The Morgan fingerprint density at radius 3 is 1.09 bits per heavy atom. The number of carbonyl (C=O) groups is 2. The largest absolute Gasteiger partial charge is 0.472 e. The highest BCUT2D eigenvalue weighted by atomic mass is 31.2. The fourth-order valence-corrected chi connectivity index (χ4v) is 7.84. The van der Waals surface area contributed by atoms with Crippen molar-refractivity contribution in [3.63, 3.8) is 0 Å². The van der Waals surface area contributed by atoms with Gasteiger partial charge in [-0.2, -0.15) is 0 Å². The Morgan fingerprint density at radius 2 is 0.754 bits per heavy atom. The summed E-state index contributed by atoms with van der Waals surface area (Å²) in [6, 6.07) is 0. The molecule has 11 heteroatoms. The van der Waals surface area contributed by atoms with E-state index in [9.17, 15) is 24.2 Å². The minimum absolute atomic E-state index is 0.193. The normalized spacial score (nSPS) is 13.7. The van der Waals surface area contributed by atoms with E-state index in [1.165, 1.54) is 173 Å². The highest BCUT2D eigenvalue weighted by molar-refractivity contribution is 7.47. The predicted molar refractivity (Wildman–Crippen MR) is 233 cm³/mol. The van der Waals surface area contributed by atoms with E-state index in [0.29, 0.717) is 12.8 Å². The first kappa shape index (κ1) is 56.0. The number of phosphoric acid groups is 1. The van der Waals surface area contributed by atoms with Crippen LogP contribution in [0.15, 0.2) is 0 Å². The smallest absolute Gasteiger partial charge is 0.462 e. The van der Waals surface area contributed by atoms with Crippen LogP contribution >= 0.6 is 7.82 Å². The zero-order chi connectivity index (χ0) is 41.9. The van der Waals surface area contributed by atoms with Gasteiger partial charge in [0.15, 0.2) is 6.10 Å². The highest BCUT2D eigenvalue weighted by Crippen LogP contribution is 2.43. The molecule has 3 N–H and O–H groups in total. The highest BCUT2D eigenvalue weighted by Gasteiger charge is 2.27. The van der Waals surface area contributed by atoms with Crippen molar-refractivity contribution in [2.24, 2.45) is 0 Å². The van der Waals surface area contributed by atoms with Crippen molar-refractivity contribution in [3.05, 3.63) is 0 Å². The third kappa shape index (κ3) is 42.9. The number of unbranched alkanes of at least 4 members (excludes halogenated alkanes) is 32. The van der Waals surface area contributed by atoms with Gasteiger partial charge in [0.25, 0.3) is 0 Å². The molecular formula is C46H91O10P. The quantitative estimate of drug-likeness (QED) is 0.0307. The molecule has 0 fully saturated rings. The molecule has 0 aromatic heterocycles. The summed E-state index contributed by atoms with van der Waals surface area (Å²) in [6.07, 6.45) is 40.6. The van der Waals surface area contributed by atoms with Gasteiger partial charge in [0.1, 0.15) is 12.7 Å². The summed E-state index contributed by atoms with van der Waals surface area (Å²) in [4.78, 5) is 35.1. The Bertz CT molecular complexity index is 920. The number of rotatable bonds is 46. The molecule has 0 amide bonds. The molecule has 0 aromatic carbocycles. The van der Waals surface area contributed by atoms with Gasteiger partial charge in [-0.3, -0.25) is 18.6 Å². The number of aliphatic hydroxyl groups excluding tert-OH is 2. The molecule has 0 aliphatic rings. The maximum Gasteiger partial charge on any atom is 0.472 e. The van der Waals surface area contributed by atoms with Crippen molar-refractivity contribution < 1.29 is 47.8 Å². The van der Waals surface area contributed by atoms with Crippen molar-refractivity contribution >= 4 is 19.8 Å². The van der Waals surface area contributed by atoms with Crippen molar-refractivity contribution in [1.82, 2.24) is 0 Å². The lowest BCUT2D eigenvalue weighted by molar-refractivity contribution is -0.161. The summed E-state index contributed by atoms with van der Waals surface area (Å²) in [5.41, 5.74) is 0. The number of hydrogen-bond donors (Lipinski definition) is 3. The monoisotopic (exact) mass is 835 g/mol. The first-order chi connectivity index (χ1) is 27.7. The van der Waals surface area contributed by atoms with Gasteiger partial charge in [-0.05, 0) is 12.8 Å². The van der Waals surface area contributed by atoms with Crippen molar-refractivity contribution in [2.45, 2.75) is 257 Å². The average molecular weight is 835 g/mol. The third-order valence-electron chi connectivity index (χ3n) is 10.8. The van der Waals surface area contributed by atoms with Crippen LogP contribution in [0.1, 0.15) is 245 Å². The van der Waals surface area contributed by atoms with Crippen LogP contribution in [-0.4, -0.2) is 65.7 Å². The van der Waals surface area contributed by atoms with Gasteiger partial charge in [-0.25, -0.2) is 4.57 Å². The van der Waals surface area contributed by atoms with Crippen LogP contribution in [0.2, 0.25) is 0 Å². The van der Waals surface area contributed by atoms with Crippen LogP contribution in [0.3, 0.4) is 0 Å². The molecule has 0 aromatic rings. The van der Waals surface area contributed by atoms with Crippen LogP contribution in [0.5, 0.6) is 0 Å². The topological polar surface area (TPSA) is 149 Å². The third-order valence-corrected chi connectivity index (χ3v) is 11.7. The van der Waals surface area contributed by atoms with Crippen molar-refractivity contribution in [3.8, 4) is 0 Å². The molecule has 0 heterocycles. The summed E-state index contributed by atoms with van der Waals surface area (Å²) in [5.74, 6) is -0.905. The van der Waals surface area contributed by atoms with Crippen LogP contribution < -0.4 is 0 Å². The summed E-state index contributed by atoms with van der Waals surface area (Å²) in [5, 5.41) is 18.4. The van der Waals surface area contributed by atoms with Gasteiger partial charge < -0.3 is 24.6 Å². The van der Waals surface area contributed by atoms with Gasteiger partial charge in [-0.1, -0.05) is 219 Å². The van der Waals surface area contributed by atoms with Crippen molar-refractivity contribution in [2.75, 3.05) is 26.4 Å². The van der Waals surface area contributed by atoms with Crippen LogP contribution in [0, 0.1) is 0 Å². The number of aliphatic hydroxyl groups is 2. The van der Waals surface area contributed by atoms with Crippen molar-refractivity contribution in [1.29, 1.82) is 0 Å². The molecule has 0 saturated heterocycles. The van der Waals surface area contributed by atoms with E-state index in [1.54, 1.807) is 0 Å². The predicted octanol–water partition coefficient (Wildman–Crippen LogP) is 13.0. The molecule has 0 radical (unpaired) electrons. The van der Waals surface area contributed by atoms with Crippen LogP contribution in [0.4, 0.5) is 0 Å². The van der Waals surface area contributed by atoms with E-state index in [0.717, 1.165) is 32.1 Å². The molecule has 57 heavy (non-hydrogen) atoms. The first-order valence-electron chi connectivity index (χ1n) is 24.0. The van der Waals surface area contributed by atoms with Gasteiger partial charge in [0, 0.05) is 12.8 Å². The SMILES string of the molecule is CCCCCCCCCCCCCCCCCCCC(=O)OC[C@H](COP(=O)(O)OC[C@@H](O)CO)OC(=O)CCCCCCCCCCCCCCCCCCC. The molecule has 10 nitrogen and oxygen atoms in total. The lowest BCUT2D eigenvalue weighted by atomic mass is 10.0. The zero-order valence-electron chi connectivity index (χ0n) is 37.1. The van der Waals surface area contributed by atoms with Gasteiger partial charge in [-0.15, -0.1) is 0 Å². The Balaban J connectivity index is 4.18. The van der Waals surface area contributed by atoms with E-state index >= 15 is 0 Å². The Labute approximate surface area is 350 Å². The second-order valence-electron chi connectivity index (χ2n) is 16.5. The molecule has 0 spiro atoms. The number of carbonyl (C=O) groups excluding carboxylic acids is 2. The number of hydrogen-bond acceptors (Lipinski definition) is 9. The Kier molecular flexibility index (Phi) is 42.3. The summed E-state index contributed by atoms with van der Waals surface area (Å²) in [6.45, 7) is 2.44. The molecule has 340 valence electrons. The second kappa shape index (κ2) is 43.1. The standard InChI is InChI=1S/C46H91O10P/c1-3-5-7-9-11-13-15-17-19-21-23-25-27-29-31-33-35-37-45(49)53-41-44(42-55-57(51,52)54-40-43(48)39-47)56-46(50)38-36-34-32-30-28-26-24-22-20-18-16-14-12-10-8-6-4-2/h43-44,47-48H,3-42H2,1-2H3,(H,51,52)/t43-,44+/m0/s1. The number of esters is 2. The summed E-state index contributed by atoms with van der Waals surface area (Å²) < 4.78 is 32.8. The molecule has 0 saturated carbocycles. The molecule has 0 bridgehead atoms. The molecular weight excluding hydrogens is 743 g/mol. The fourth-order valence-electron chi connectivity index (χ4n) is 7.05. The Morgan fingerprint density at radius 1 is 0.456 bits per heavy atom. The molecule has 0 aliphatic heterocycles. The van der Waals surface area contributed by atoms with E-state index in [-0.39, 0.29) is 19.4 Å². The minimum atomic E-state index is -4.61. The maximum atomic E-state index is 12.6. The molecule has 3 atom stereocenters. The number of phosphoric ester groups is 1. The average Bonchev–Trinajstić information content (AvgIpc) is 3.20. The van der Waals surface area contributed by atoms with Gasteiger partial charge in [0.05, 0.1) is 19.8 Å². The molecule has 0 aliphatic carbocycles. The van der Waals surface area contributed by atoms with Crippen LogP contribution in [-0.2, 0) is 32.7 Å². The lowest BCUT2D eigenvalue weighted by Gasteiger charge is -2.20. The van der Waals surface area contributed by atoms with E-state index in [4.69, 9.17) is 23.6 Å². The fraction of sp³-hybridized carbons (Fsp3) is 0.957. The lowest BCUT2D eigenvalue weighted by Crippen LogP contribution is -2.29. The molecule has 1 unspecified atom stereocenters. The van der Waals surface area contributed by atoms with Gasteiger partial charge in [0.2, 0.25) is 0 Å². The second-order valence-corrected chi connectivity index (χ2v) is 18.0. The maximum absolute atomic E-state index is 12.6. The van der Waals surface area contributed by atoms with E-state index < -0.39 is 51.8 Å². The van der Waals surface area contributed by atoms with Crippen LogP contribution in [0.25, 0.3) is 0 Å².